The van der Waals surface area contributed by atoms with Crippen LogP contribution in [0.15, 0.2) is 23.3 Å². The number of ether oxygens (including phenoxy) is 1. The minimum absolute atomic E-state index is 0.0293. The van der Waals surface area contributed by atoms with Crippen LogP contribution >= 0.6 is 0 Å². The van der Waals surface area contributed by atoms with Crippen molar-refractivity contribution < 1.29 is 24.2 Å². The standard InChI is InChI=1S/C12H13NO5S/c1-8(14)18-4-2-5-19-6-3-9(12(16)17)13-10(15)7-11(13)19/h2-3,5,11H,4,6-7H2,1H3/b5-2+/t11-,19?/m1/s1. The number of aliphatic carboxylic acids is 1. The molecular weight excluding hydrogens is 270 g/mol. The van der Waals surface area contributed by atoms with E-state index in [1.807, 2.05) is 5.41 Å². The van der Waals surface area contributed by atoms with Crippen LogP contribution in [0.25, 0.3) is 0 Å². The second kappa shape index (κ2) is 5.48. The third-order valence-corrected chi connectivity index (χ3v) is 5.02. The molecule has 7 heteroatoms. The molecule has 0 aliphatic carbocycles. The van der Waals surface area contributed by atoms with Gasteiger partial charge in [0.1, 0.15) is 17.8 Å². The van der Waals surface area contributed by atoms with Crippen LogP contribution in [0.2, 0.25) is 0 Å². The highest BCUT2D eigenvalue weighted by Crippen LogP contribution is 2.34. The molecule has 0 aromatic heterocycles. The van der Waals surface area contributed by atoms with Crippen LogP contribution in [0.5, 0.6) is 0 Å². The molecule has 0 radical (unpaired) electrons. The van der Waals surface area contributed by atoms with E-state index in [2.05, 4.69) is 0 Å². The Hall–Kier alpha value is -1.76. The van der Waals surface area contributed by atoms with Gasteiger partial charge >= 0.3 is 5.97 Å². The summed E-state index contributed by atoms with van der Waals surface area (Å²) < 4.78 is 4.77. The molecular formula is C12H13NO5S. The molecule has 0 saturated carbocycles. The van der Waals surface area contributed by atoms with E-state index in [1.54, 1.807) is 6.08 Å². The van der Waals surface area contributed by atoms with Crippen LogP contribution in [-0.2, 0) is 30.0 Å². The first kappa shape index (κ1) is 13.7. The van der Waals surface area contributed by atoms with E-state index in [1.165, 1.54) is 17.9 Å². The number of amides is 1. The number of carbonyl (C=O) groups excluding carboxylic acids is 3. The number of hydrogen-bond acceptors (Lipinski definition) is 5. The zero-order valence-corrected chi connectivity index (χ0v) is 11.1. The van der Waals surface area contributed by atoms with Crippen molar-refractivity contribution >= 4 is 28.7 Å². The van der Waals surface area contributed by atoms with Crippen molar-refractivity contribution in [3.05, 3.63) is 23.3 Å². The Labute approximate surface area is 113 Å². The summed E-state index contributed by atoms with van der Waals surface area (Å²) in [7, 11) is -0.240. The van der Waals surface area contributed by atoms with Gasteiger partial charge in [-0.1, -0.05) is 0 Å². The number of nitrogens with zero attached hydrogens (tertiary/aromatic N) is 1. The van der Waals surface area contributed by atoms with Gasteiger partial charge in [-0.05, 0) is 6.08 Å². The van der Waals surface area contributed by atoms with Gasteiger partial charge in [0.25, 0.3) is 0 Å². The summed E-state index contributed by atoms with van der Waals surface area (Å²) in [6.07, 6.45) is 3.59. The molecule has 0 bridgehead atoms. The van der Waals surface area contributed by atoms with Crippen molar-refractivity contribution in [2.75, 3.05) is 12.4 Å². The fraction of sp³-hybridized carbons (Fsp3) is 0.417. The maximum absolute atomic E-state index is 11.4. The first-order valence-electron chi connectivity index (χ1n) is 5.73. The van der Waals surface area contributed by atoms with E-state index in [0.29, 0.717) is 12.2 Å². The summed E-state index contributed by atoms with van der Waals surface area (Å²) in [5.41, 5.74) is -0.0293. The maximum Gasteiger partial charge on any atom is 0.302 e. The molecule has 1 unspecified atom stereocenters. The van der Waals surface area contributed by atoms with Crippen LogP contribution in [-0.4, -0.2) is 40.5 Å². The molecule has 1 amide bonds. The molecule has 0 aromatic carbocycles. The molecule has 0 spiro atoms. The predicted molar refractivity (Wildman–Crippen MR) is 66.3 cm³/mol. The lowest BCUT2D eigenvalue weighted by atomic mass is 10.1. The quantitative estimate of drug-likeness (QED) is 0.371. The normalized spacial score (nSPS) is 25.6. The van der Waals surface area contributed by atoms with E-state index in [-0.39, 0.29) is 40.4 Å². The molecule has 102 valence electrons. The Bertz CT molecular complexity index is 485. The van der Waals surface area contributed by atoms with Crippen LogP contribution < -0.4 is 5.11 Å². The second-order valence-corrected chi connectivity index (χ2v) is 6.20. The lowest BCUT2D eigenvalue weighted by Crippen LogP contribution is -2.60. The molecule has 1 fully saturated rings. The van der Waals surface area contributed by atoms with Gasteiger partial charge in [-0.15, -0.1) is 0 Å². The SMILES string of the molecule is CC(=O)OC/C=C/[S+]1CC=C(C(=O)[O-])N2C(=O)C[C@H]21. The van der Waals surface area contributed by atoms with Gasteiger partial charge in [-0.3, -0.25) is 14.5 Å². The summed E-state index contributed by atoms with van der Waals surface area (Å²) in [5.74, 6) is -1.29. The van der Waals surface area contributed by atoms with Gasteiger partial charge in [0.2, 0.25) is 11.3 Å². The summed E-state index contributed by atoms with van der Waals surface area (Å²) in [6, 6.07) is 0. The number of carbonyl (C=O) groups is 3. The van der Waals surface area contributed by atoms with Crippen molar-refractivity contribution in [2.45, 2.75) is 18.7 Å². The lowest BCUT2D eigenvalue weighted by Gasteiger charge is -2.41. The average molecular weight is 283 g/mol. The van der Waals surface area contributed by atoms with Gasteiger partial charge in [-0.25, -0.2) is 0 Å². The molecule has 0 aromatic rings. The molecule has 2 aliphatic rings. The number of β-lactam (4-membered cyclic amide) rings is 1. The molecule has 2 rings (SSSR count). The van der Waals surface area contributed by atoms with Crippen molar-refractivity contribution in [3.8, 4) is 0 Å². The van der Waals surface area contributed by atoms with Crippen molar-refractivity contribution in [3.63, 3.8) is 0 Å². The van der Waals surface area contributed by atoms with Crippen molar-refractivity contribution in [1.29, 1.82) is 0 Å². The molecule has 2 atom stereocenters. The fourth-order valence-electron chi connectivity index (χ4n) is 1.96. The molecule has 19 heavy (non-hydrogen) atoms. The topological polar surface area (TPSA) is 86.7 Å². The van der Waals surface area contributed by atoms with Gasteiger partial charge < -0.3 is 14.6 Å². The number of carboxylic acids is 1. The Morgan fingerprint density at radius 1 is 1.63 bits per heavy atom. The predicted octanol–water partition coefficient (Wildman–Crippen LogP) is -1.11. The van der Waals surface area contributed by atoms with Gasteiger partial charge in [0.05, 0.1) is 18.1 Å². The van der Waals surface area contributed by atoms with E-state index in [0.717, 1.165) is 0 Å². The van der Waals surface area contributed by atoms with Crippen molar-refractivity contribution in [1.82, 2.24) is 4.90 Å². The monoisotopic (exact) mass is 283 g/mol. The van der Waals surface area contributed by atoms with Crippen LogP contribution in [0.1, 0.15) is 13.3 Å². The molecule has 1 saturated heterocycles. The third-order valence-electron chi connectivity index (χ3n) is 2.85. The smallest absolute Gasteiger partial charge is 0.302 e. The lowest BCUT2D eigenvalue weighted by molar-refractivity contribution is -0.301. The Morgan fingerprint density at radius 3 is 2.95 bits per heavy atom. The highest BCUT2D eigenvalue weighted by molar-refractivity contribution is 8.00. The molecule has 2 aliphatic heterocycles. The average Bonchev–Trinajstić information content (AvgIpc) is 2.33. The second-order valence-electron chi connectivity index (χ2n) is 4.11. The first-order valence-corrected chi connectivity index (χ1v) is 7.25. The Balaban J connectivity index is 2.00. The maximum atomic E-state index is 11.4. The number of hydrogen-bond donors (Lipinski definition) is 0. The summed E-state index contributed by atoms with van der Waals surface area (Å²) in [4.78, 5) is 34.2. The van der Waals surface area contributed by atoms with Crippen LogP contribution in [0, 0.1) is 0 Å². The van der Waals surface area contributed by atoms with Crippen molar-refractivity contribution in [2.24, 2.45) is 0 Å². The van der Waals surface area contributed by atoms with E-state index in [4.69, 9.17) is 4.74 Å². The summed E-state index contributed by atoms with van der Waals surface area (Å²) in [5, 5.41) is 12.7. The van der Waals surface area contributed by atoms with Crippen LogP contribution in [0.4, 0.5) is 0 Å². The Kier molecular flexibility index (Phi) is 3.94. The van der Waals surface area contributed by atoms with Gasteiger partial charge in [0.15, 0.2) is 0 Å². The van der Waals surface area contributed by atoms with E-state index < -0.39 is 5.97 Å². The number of rotatable bonds is 4. The highest BCUT2D eigenvalue weighted by Gasteiger charge is 2.51. The third kappa shape index (κ3) is 2.81. The summed E-state index contributed by atoms with van der Waals surface area (Å²) in [6.45, 7) is 1.52. The molecule has 6 nitrogen and oxygen atoms in total. The van der Waals surface area contributed by atoms with Gasteiger partial charge in [-0.2, -0.15) is 0 Å². The highest BCUT2D eigenvalue weighted by atomic mass is 32.2. The van der Waals surface area contributed by atoms with E-state index in [9.17, 15) is 19.5 Å². The molecule has 2 heterocycles. The fourth-order valence-corrected chi connectivity index (χ4v) is 4.01. The van der Waals surface area contributed by atoms with Crippen LogP contribution in [0.3, 0.4) is 0 Å². The number of esters is 1. The van der Waals surface area contributed by atoms with Gasteiger partial charge in [0, 0.05) is 23.9 Å². The number of fused-ring (bicyclic) bond motifs is 1. The minimum Gasteiger partial charge on any atom is -0.543 e. The Morgan fingerprint density at radius 2 is 2.37 bits per heavy atom. The first-order chi connectivity index (χ1) is 9.00. The van der Waals surface area contributed by atoms with E-state index >= 15 is 0 Å². The number of carboxylic acid groups (broad SMARTS) is 1. The minimum atomic E-state index is -1.31. The zero-order chi connectivity index (χ0) is 14.0. The summed E-state index contributed by atoms with van der Waals surface area (Å²) >= 11 is 0. The molecule has 0 N–H and O–H groups in total. The zero-order valence-electron chi connectivity index (χ0n) is 10.3. The largest absolute Gasteiger partial charge is 0.543 e.